The van der Waals surface area contributed by atoms with Crippen LogP contribution in [0.15, 0.2) is 12.1 Å². The highest BCUT2D eigenvalue weighted by Gasteiger charge is 2.12. The summed E-state index contributed by atoms with van der Waals surface area (Å²) >= 11 is 6.00. The Labute approximate surface area is 105 Å². The molecule has 0 aliphatic carbocycles. The Morgan fingerprint density at radius 1 is 1.35 bits per heavy atom. The van der Waals surface area contributed by atoms with Gasteiger partial charge in [0.1, 0.15) is 0 Å². The first-order valence-electron chi connectivity index (χ1n) is 5.31. The van der Waals surface area contributed by atoms with E-state index in [-0.39, 0.29) is 11.8 Å². The minimum Gasteiger partial charge on any atom is -0.352 e. The zero-order valence-electron chi connectivity index (χ0n) is 10.1. The molecule has 0 heterocycles. The van der Waals surface area contributed by atoms with Crippen molar-refractivity contribution in [1.29, 1.82) is 0 Å². The molecule has 0 saturated carbocycles. The summed E-state index contributed by atoms with van der Waals surface area (Å²) in [6.45, 7) is 5.59. The summed E-state index contributed by atoms with van der Waals surface area (Å²) in [7, 11) is 0. The second kappa shape index (κ2) is 5.68. The van der Waals surface area contributed by atoms with Crippen LogP contribution >= 0.6 is 11.6 Å². The average molecular weight is 255 g/mol. The lowest BCUT2D eigenvalue weighted by molar-refractivity contribution is -0.114. The van der Waals surface area contributed by atoms with E-state index in [2.05, 4.69) is 10.6 Å². The maximum Gasteiger partial charge on any atom is 0.252 e. The maximum atomic E-state index is 11.7. The van der Waals surface area contributed by atoms with Crippen LogP contribution in [-0.2, 0) is 4.79 Å². The third kappa shape index (κ3) is 3.46. The fourth-order valence-corrected chi connectivity index (χ4v) is 1.73. The molecular weight excluding hydrogens is 240 g/mol. The highest BCUT2D eigenvalue weighted by molar-refractivity contribution is 6.34. The first-order chi connectivity index (χ1) is 7.95. The van der Waals surface area contributed by atoms with Crippen LogP contribution in [0.2, 0.25) is 5.02 Å². The first kappa shape index (κ1) is 13.5. The lowest BCUT2D eigenvalue weighted by Crippen LogP contribution is -2.23. The summed E-state index contributed by atoms with van der Waals surface area (Å²) in [6.07, 6.45) is 0. The Hall–Kier alpha value is -1.55. The Morgan fingerprint density at radius 2 is 2.00 bits per heavy atom. The first-order valence-corrected chi connectivity index (χ1v) is 5.69. The fourth-order valence-electron chi connectivity index (χ4n) is 1.43. The summed E-state index contributed by atoms with van der Waals surface area (Å²) in [5, 5.41) is 5.70. The molecule has 17 heavy (non-hydrogen) atoms. The number of benzene rings is 1. The Kier molecular flexibility index (Phi) is 4.52. The summed E-state index contributed by atoms with van der Waals surface area (Å²) in [6, 6.07) is 3.25. The summed E-state index contributed by atoms with van der Waals surface area (Å²) in [4.78, 5) is 22.7. The van der Waals surface area contributed by atoms with Crippen LogP contribution in [0.5, 0.6) is 0 Å². The molecule has 0 saturated heterocycles. The number of amides is 2. The van der Waals surface area contributed by atoms with Gasteiger partial charge in [-0.1, -0.05) is 11.6 Å². The minimum atomic E-state index is -0.246. The van der Waals surface area contributed by atoms with Gasteiger partial charge in [0.05, 0.1) is 10.6 Å². The molecule has 0 bridgehead atoms. The Morgan fingerprint density at radius 3 is 2.53 bits per heavy atom. The fraction of sp³-hybridized carbons (Fsp3) is 0.333. The molecule has 2 N–H and O–H groups in total. The molecule has 0 aliphatic heterocycles. The number of halogens is 1. The molecule has 4 nitrogen and oxygen atoms in total. The molecule has 0 radical (unpaired) electrons. The molecule has 0 fully saturated rings. The van der Waals surface area contributed by atoms with E-state index < -0.39 is 0 Å². The molecule has 92 valence electrons. The standard InChI is InChI=1S/C12H15ClN2O2/c1-4-14-12(17)9-6-11(15-8(3)16)7(2)5-10(9)13/h5-6H,4H2,1-3H3,(H,14,17)(H,15,16). The van der Waals surface area contributed by atoms with Gasteiger partial charge in [-0.25, -0.2) is 0 Å². The molecule has 0 unspecified atom stereocenters. The monoisotopic (exact) mass is 254 g/mol. The van der Waals surface area contributed by atoms with Crippen LogP contribution < -0.4 is 10.6 Å². The molecule has 2 amide bonds. The van der Waals surface area contributed by atoms with Crippen molar-refractivity contribution < 1.29 is 9.59 Å². The number of hydrogen-bond acceptors (Lipinski definition) is 2. The zero-order chi connectivity index (χ0) is 13.0. The largest absolute Gasteiger partial charge is 0.352 e. The van der Waals surface area contributed by atoms with Crippen molar-refractivity contribution in [3.8, 4) is 0 Å². The molecule has 0 atom stereocenters. The molecule has 0 aromatic heterocycles. The van der Waals surface area contributed by atoms with Crippen molar-refractivity contribution >= 4 is 29.1 Å². The Bertz CT molecular complexity index is 458. The second-order valence-corrected chi connectivity index (χ2v) is 4.09. The van der Waals surface area contributed by atoms with E-state index >= 15 is 0 Å². The predicted molar refractivity (Wildman–Crippen MR) is 68.5 cm³/mol. The van der Waals surface area contributed by atoms with E-state index in [1.165, 1.54) is 6.92 Å². The number of anilines is 1. The van der Waals surface area contributed by atoms with Gasteiger partial charge in [-0.2, -0.15) is 0 Å². The molecular formula is C12H15ClN2O2. The molecule has 1 aromatic rings. The smallest absolute Gasteiger partial charge is 0.252 e. The highest BCUT2D eigenvalue weighted by atomic mass is 35.5. The molecule has 1 aromatic carbocycles. The Balaban J connectivity index is 3.14. The normalized spacial score (nSPS) is 9.88. The van der Waals surface area contributed by atoms with E-state index in [0.717, 1.165) is 5.56 Å². The topological polar surface area (TPSA) is 58.2 Å². The third-order valence-electron chi connectivity index (χ3n) is 2.21. The number of hydrogen-bond donors (Lipinski definition) is 2. The summed E-state index contributed by atoms with van der Waals surface area (Å²) in [5.74, 6) is -0.429. The van der Waals surface area contributed by atoms with Crippen molar-refractivity contribution in [1.82, 2.24) is 5.32 Å². The van der Waals surface area contributed by atoms with Gasteiger partial charge in [-0.05, 0) is 31.5 Å². The lowest BCUT2D eigenvalue weighted by Gasteiger charge is -2.11. The van der Waals surface area contributed by atoms with E-state index in [1.54, 1.807) is 12.1 Å². The van der Waals surface area contributed by atoms with Gasteiger partial charge in [-0.15, -0.1) is 0 Å². The zero-order valence-corrected chi connectivity index (χ0v) is 10.8. The maximum absolute atomic E-state index is 11.7. The highest BCUT2D eigenvalue weighted by Crippen LogP contribution is 2.24. The van der Waals surface area contributed by atoms with Crippen LogP contribution in [0.25, 0.3) is 0 Å². The molecule has 5 heteroatoms. The number of aryl methyl sites for hydroxylation is 1. The molecule has 0 aliphatic rings. The number of rotatable bonds is 3. The number of carbonyl (C=O) groups excluding carboxylic acids is 2. The van der Waals surface area contributed by atoms with Crippen molar-refractivity contribution in [3.63, 3.8) is 0 Å². The van der Waals surface area contributed by atoms with E-state index in [1.807, 2.05) is 13.8 Å². The molecule has 0 spiro atoms. The van der Waals surface area contributed by atoms with E-state index in [9.17, 15) is 9.59 Å². The van der Waals surface area contributed by atoms with Crippen molar-refractivity contribution in [2.75, 3.05) is 11.9 Å². The van der Waals surface area contributed by atoms with Gasteiger partial charge in [0.25, 0.3) is 5.91 Å². The van der Waals surface area contributed by atoms with Crippen molar-refractivity contribution in [2.24, 2.45) is 0 Å². The van der Waals surface area contributed by atoms with Crippen LogP contribution in [0.4, 0.5) is 5.69 Å². The van der Waals surface area contributed by atoms with Crippen molar-refractivity contribution in [2.45, 2.75) is 20.8 Å². The summed E-state index contributed by atoms with van der Waals surface area (Å²) in [5.41, 5.74) is 1.78. The van der Waals surface area contributed by atoms with Gasteiger partial charge in [0.15, 0.2) is 0 Å². The van der Waals surface area contributed by atoms with Gasteiger partial charge >= 0.3 is 0 Å². The second-order valence-electron chi connectivity index (χ2n) is 3.69. The van der Waals surface area contributed by atoms with Crippen LogP contribution in [0, 0.1) is 6.92 Å². The predicted octanol–water partition coefficient (Wildman–Crippen LogP) is 2.36. The quantitative estimate of drug-likeness (QED) is 0.870. The average Bonchev–Trinajstić information content (AvgIpc) is 2.21. The van der Waals surface area contributed by atoms with Crippen LogP contribution in [0.1, 0.15) is 29.8 Å². The van der Waals surface area contributed by atoms with E-state index in [0.29, 0.717) is 22.8 Å². The summed E-state index contributed by atoms with van der Waals surface area (Å²) < 4.78 is 0. The molecule has 1 rings (SSSR count). The van der Waals surface area contributed by atoms with Gasteiger partial charge in [-0.3, -0.25) is 9.59 Å². The third-order valence-corrected chi connectivity index (χ3v) is 2.52. The van der Waals surface area contributed by atoms with Gasteiger partial charge < -0.3 is 10.6 Å². The van der Waals surface area contributed by atoms with E-state index in [4.69, 9.17) is 11.6 Å². The van der Waals surface area contributed by atoms with Crippen LogP contribution in [-0.4, -0.2) is 18.4 Å². The van der Waals surface area contributed by atoms with Gasteiger partial charge in [0.2, 0.25) is 5.91 Å². The lowest BCUT2D eigenvalue weighted by atomic mass is 10.1. The minimum absolute atomic E-state index is 0.183. The number of nitrogens with one attached hydrogen (secondary N) is 2. The van der Waals surface area contributed by atoms with Gasteiger partial charge in [0, 0.05) is 19.2 Å². The van der Waals surface area contributed by atoms with Crippen molar-refractivity contribution in [3.05, 3.63) is 28.3 Å². The number of carbonyl (C=O) groups is 2. The van der Waals surface area contributed by atoms with Crippen LogP contribution in [0.3, 0.4) is 0 Å². The SMILES string of the molecule is CCNC(=O)c1cc(NC(C)=O)c(C)cc1Cl.